The summed E-state index contributed by atoms with van der Waals surface area (Å²) in [6.45, 7) is 5.04. The second kappa shape index (κ2) is 6.67. The summed E-state index contributed by atoms with van der Waals surface area (Å²) in [5, 5.41) is 0. The van der Waals surface area contributed by atoms with Crippen molar-refractivity contribution in [2.24, 2.45) is 5.84 Å². The van der Waals surface area contributed by atoms with Gasteiger partial charge in [0.2, 0.25) is 5.95 Å². The number of hydrogen-bond acceptors (Lipinski definition) is 5. The molecule has 2 aromatic rings. The van der Waals surface area contributed by atoms with Gasteiger partial charge in [-0.25, -0.2) is 10.8 Å². The van der Waals surface area contributed by atoms with E-state index in [1.54, 1.807) is 6.20 Å². The number of nitrogen functional groups attached to an aromatic ring is 1. The second-order valence-corrected chi connectivity index (χ2v) is 5.57. The van der Waals surface area contributed by atoms with Crippen LogP contribution in [0.3, 0.4) is 0 Å². The van der Waals surface area contributed by atoms with Gasteiger partial charge in [-0.3, -0.25) is 5.43 Å². The van der Waals surface area contributed by atoms with Gasteiger partial charge in [0, 0.05) is 18.8 Å². The van der Waals surface area contributed by atoms with Crippen LogP contribution in [0.1, 0.15) is 19.4 Å². The van der Waals surface area contributed by atoms with Crippen molar-refractivity contribution >= 4 is 27.7 Å². The summed E-state index contributed by atoms with van der Waals surface area (Å²) in [7, 11) is 0. The number of aromatic nitrogens is 2. The second-order valence-electron chi connectivity index (χ2n) is 4.72. The normalized spacial score (nSPS) is 10.7. The summed E-state index contributed by atoms with van der Waals surface area (Å²) < 4.78 is 0.848. The van der Waals surface area contributed by atoms with Crippen molar-refractivity contribution in [1.82, 2.24) is 9.97 Å². The van der Waals surface area contributed by atoms with Gasteiger partial charge >= 0.3 is 0 Å². The lowest BCUT2D eigenvalue weighted by atomic mass is 10.2. The van der Waals surface area contributed by atoms with Gasteiger partial charge in [-0.2, -0.15) is 4.98 Å². The van der Waals surface area contributed by atoms with Gasteiger partial charge in [0.25, 0.3) is 0 Å². The maximum Gasteiger partial charge on any atom is 0.239 e. The molecule has 1 aromatic carbocycles. The van der Waals surface area contributed by atoms with Gasteiger partial charge in [0.05, 0.1) is 4.47 Å². The van der Waals surface area contributed by atoms with Crippen LogP contribution in [0.4, 0.5) is 11.8 Å². The molecule has 0 unspecified atom stereocenters. The summed E-state index contributed by atoms with van der Waals surface area (Å²) in [4.78, 5) is 10.7. The molecule has 20 heavy (non-hydrogen) atoms. The molecule has 5 nitrogen and oxygen atoms in total. The summed E-state index contributed by atoms with van der Waals surface area (Å²) in [6, 6.07) is 10.6. The molecule has 0 spiro atoms. The van der Waals surface area contributed by atoms with Crippen LogP contribution in [-0.4, -0.2) is 16.0 Å². The molecule has 106 valence electrons. The molecule has 1 heterocycles. The highest BCUT2D eigenvalue weighted by molar-refractivity contribution is 9.10. The molecule has 1 aromatic heterocycles. The molecule has 2 rings (SSSR count). The minimum Gasteiger partial charge on any atom is -0.349 e. The first-order valence-corrected chi connectivity index (χ1v) is 7.21. The molecule has 0 radical (unpaired) electrons. The van der Waals surface area contributed by atoms with Gasteiger partial charge < -0.3 is 4.90 Å². The number of nitrogens with zero attached hydrogens (tertiary/aromatic N) is 3. The quantitative estimate of drug-likeness (QED) is 0.649. The molecule has 0 fully saturated rings. The van der Waals surface area contributed by atoms with Crippen molar-refractivity contribution in [3.8, 4) is 0 Å². The Labute approximate surface area is 127 Å². The average Bonchev–Trinajstić information content (AvgIpc) is 2.46. The number of hydrazine groups is 1. The first kappa shape index (κ1) is 14.7. The highest BCUT2D eigenvalue weighted by Gasteiger charge is 2.16. The number of nitrogens with one attached hydrogen (secondary N) is 1. The first-order valence-electron chi connectivity index (χ1n) is 6.41. The minimum atomic E-state index is 0.298. The Bertz CT molecular complexity index is 559. The van der Waals surface area contributed by atoms with Crippen LogP contribution in [0.5, 0.6) is 0 Å². The monoisotopic (exact) mass is 335 g/mol. The van der Waals surface area contributed by atoms with Crippen LogP contribution in [0.25, 0.3) is 0 Å². The fourth-order valence-electron chi connectivity index (χ4n) is 1.91. The minimum absolute atomic E-state index is 0.298. The number of halogens is 1. The molecule has 0 amide bonds. The van der Waals surface area contributed by atoms with Crippen molar-refractivity contribution in [2.45, 2.75) is 26.4 Å². The molecule has 0 bridgehead atoms. The SMILES string of the molecule is CC(C)N(Cc1ccccc1)c1nc(NN)ncc1Br. The fraction of sp³-hybridized carbons (Fsp3) is 0.286. The summed E-state index contributed by atoms with van der Waals surface area (Å²) >= 11 is 3.51. The molecular weight excluding hydrogens is 318 g/mol. The van der Waals surface area contributed by atoms with E-state index in [4.69, 9.17) is 5.84 Å². The van der Waals surface area contributed by atoms with E-state index in [9.17, 15) is 0 Å². The molecule has 0 aliphatic heterocycles. The lowest BCUT2D eigenvalue weighted by Crippen LogP contribution is -2.31. The average molecular weight is 336 g/mol. The lowest BCUT2D eigenvalue weighted by molar-refractivity contribution is 0.670. The Hall–Kier alpha value is -1.66. The van der Waals surface area contributed by atoms with Crippen molar-refractivity contribution < 1.29 is 0 Å². The Balaban J connectivity index is 2.33. The third kappa shape index (κ3) is 3.46. The van der Waals surface area contributed by atoms with Crippen molar-refractivity contribution in [2.75, 3.05) is 10.3 Å². The zero-order valence-electron chi connectivity index (χ0n) is 11.5. The van der Waals surface area contributed by atoms with Crippen LogP contribution in [-0.2, 0) is 6.54 Å². The molecular formula is C14H18BrN5. The van der Waals surface area contributed by atoms with E-state index in [2.05, 4.69) is 62.2 Å². The molecule has 0 atom stereocenters. The van der Waals surface area contributed by atoms with Gasteiger partial charge in [-0.1, -0.05) is 30.3 Å². The van der Waals surface area contributed by atoms with Crippen LogP contribution in [0, 0.1) is 0 Å². The van der Waals surface area contributed by atoms with Crippen LogP contribution >= 0.6 is 15.9 Å². The Morgan fingerprint density at radius 1 is 1.30 bits per heavy atom. The van der Waals surface area contributed by atoms with E-state index in [0.29, 0.717) is 12.0 Å². The van der Waals surface area contributed by atoms with E-state index in [-0.39, 0.29) is 0 Å². The lowest BCUT2D eigenvalue weighted by Gasteiger charge is -2.29. The molecule has 0 aliphatic rings. The molecule has 6 heteroatoms. The maximum atomic E-state index is 5.39. The molecule has 0 aliphatic carbocycles. The van der Waals surface area contributed by atoms with Gasteiger partial charge in [-0.15, -0.1) is 0 Å². The van der Waals surface area contributed by atoms with E-state index in [0.717, 1.165) is 16.8 Å². The van der Waals surface area contributed by atoms with Crippen LogP contribution < -0.4 is 16.2 Å². The number of hydrogen-bond donors (Lipinski definition) is 2. The van der Waals surface area contributed by atoms with Crippen LogP contribution in [0.2, 0.25) is 0 Å². The topological polar surface area (TPSA) is 67.1 Å². The number of nitrogens with two attached hydrogens (primary N) is 1. The van der Waals surface area contributed by atoms with Crippen molar-refractivity contribution in [1.29, 1.82) is 0 Å². The highest BCUT2D eigenvalue weighted by atomic mass is 79.9. The standard InChI is InChI=1S/C14H18BrN5/c1-10(2)20(9-11-6-4-3-5-7-11)13-12(15)8-17-14(18-13)19-16/h3-8,10H,9,16H2,1-2H3,(H,17,18,19). The van der Waals surface area contributed by atoms with E-state index < -0.39 is 0 Å². The Morgan fingerprint density at radius 2 is 2.00 bits per heavy atom. The first-order chi connectivity index (χ1) is 9.61. The van der Waals surface area contributed by atoms with E-state index >= 15 is 0 Å². The summed E-state index contributed by atoms with van der Waals surface area (Å²) in [5.41, 5.74) is 3.71. The van der Waals surface area contributed by atoms with Gasteiger partial charge in [0.15, 0.2) is 0 Å². The fourth-order valence-corrected chi connectivity index (χ4v) is 2.33. The van der Waals surface area contributed by atoms with Gasteiger partial charge in [0.1, 0.15) is 5.82 Å². The van der Waals surface area contributed by atoms with Gasteiger partial charge in [-0.05, 0) is 35.3 Å². The third-order valence-electron chi connectivity index (χ3n) is 2.95. The number of benzene rings is 1. The number of anilines is 2. The molecule has 3 N–H and O–H groups in total. The van der Waals surface area contributed by atoms with Crippen molar-refractivity contribution in [3.63, 3.8) is 0 Å². The maximum absolute atomic E-state index is 5.39. The largest absolute Gasteiger partial charge is 0.349 e. The predicted molar refractivity (Wildman–Crippen MR) is 85.3 cm³/mol. The molecule has 0 saturated carbocycles. The third-order valence-corrected chi connectivity index (χ3v) is 3.51. The van der Waals surface area contributed by atoms with E-state index in [1.165, 1.54) is 5.56 Å². The summed E-state index contributed by atoms with van der Waals surface area (Å²) in [5.74, 6) is 6.62. The number of rotatable bonds is 5. The highest BCUT2D eigenvalue weighted by Crippen LogP contribution is 2.27. The Morgan fingerprint density at radius 3 is 2.60 bits per heavy atom. The van der Waals surface area contributed by atoms with E-state index in [1.807, 2.05) is 18.2 Å². The zero-order valence-corrected chi connectivity index (χ0v) is 13.1. The molecule has 0 saturated heterocycles. The van der Waals surface area contributed by atoms with Crippen molar-refractivity contribution in [3.05, 3.63) is 46.6 Å². The summed E-state index contributed by atoms with van der Waals surface area (Å²) in [6.07, 6.45) is 1.71. The Kier molecular flexibility index (Phi) is 4.92. The predicted octanol–water partition coefficient (Wildman–Crippen LogP) is 2.94. The van der Waals surface area contributed by atoms with Crippen LogP contribution in [0.15, 0.2) is 41.0 Å². The smallest absolute Gasteiger partial charge is 0.239 e. The zero-order chi connectivity index (χ0) is 14.5.